The topological polar surface area (TPSA) is 90.9 Å². The summed E-state index contributed by atoms with van der Waals surface area (Å²) in [6.07, 6.45) is 0.533. The molecular formula is C12H22N4O2. The highest BCUT2D eigenvalue weighted by Crippen LogP contribution is 2.09. The molecule has 0 spiro atoms. The Morgan fingerprint density at radius 1 is 1.39 bits per heavy atom. The van der Waals surface area contributed by atoms with Crippen LogP contribution >= 0.6 is 0 Å². The van der Waals surface area contributed by atoms with Gasteiger partial charge in [0.1, 0.15) is 5.82 Å². The Morgan fingerprint density at radius 3 is 2.50 bits per heavy atom. The summed E-state index contributed by atoms with van der Waals surface area (Å²) in [5.41, 5.74) is 0. The van der Waals surface area contributed by atoms with Gasteiger partial charge in [-0.2, -0.15) is 0 Å². The molecule has 0 aliphatic rings. The molecule has 0 aromatic carbocycles. The smallest absolute Gasteiger partial charge is 0.291 e. The Balaban J connectivity index is 2.68. The Morgan fingerprint density at radius 2 is 2.06 bits per heavy atom. The van der Waals surface area contributed by atoms with Crippen LogP contribution in [0.1, 0.15) is 56.5 Å². The van der Waals surface area contributed by atoms with Crippen LogP contribution in [0.2, 0.25) is 0 Å². The average Bonchev–Trinajstić information content (AvgIpc) is 2.77. The van der Waals surface area contributed by atoms with E-state index in [1.807, 2.05) is 27.7 Å². The van der Waals surface area contributed by atoms with Crippen LogP contribution in [0.15, 0.2) is 0 Å². The van der Waals surface area contributed by atoms with Gasteiger partial charge in [-0.1, -0.05) is 27.7 Å². The van der Waals surface area contributed by atoms with Crippen LogP contribution in [0.4, 0.5) is 0 Å². The molecule has 1 rings (SSSR count). The molecule has 18 heavy (non-hydrogen) atoms. The highest BCUT2D eigenvalue weighted by atomic mass is 16.3. The highest BCUT2D eigenvalue weighted by Gasteiger charge is 2.20. The van der Waals surface area contributed by atoms with E-state index in [2.05, 4.69) is 20.5 Å². The number of aromatic amines is 1. The zero-order chi connectivity index (χ0) is 13.7. The maximum Gasteiger partial charge on any atom is 0.291 e. The molecule has 0 radical (unpaired) electrons. The third-order valence-electron chi connectivity index (χ3n) is 2.81. The van der Waals surface area contributed by atoms with Crippen molar-refractivity contribution in [2.24, 2.45) is 5.92 Å². The van der Waals surface area contributed by atoms with E-state index in [0.29, 0.717) is 12.2 Å². The molecule has 3 N–H and O–H groups in total. The normalized spacial score (nSPS) is 13.1. The first-order chi connectivity index (χ1) is 8.45. The first-order valence-corrected chi connectivity index (χ1v) is 6.29. The zero-order valence-corrected chi connectivity index (χ0v) is 11.4. The minimum Gasteiger partial charge on any atom is -0.396 e. The number of carbonyl (C=O) groups is 1. The SMILES string of the molecule is CC(C)c1nc(C(=O)NC(CCO)C(C)C)n[nH]1. The van der Waals surface area contributed by atoms with Crippen LogP contribution in [0.5, 0.6) is 0 Å². The lowest BCUT2D eigenvalue weighted by Crippen LogP contribution is -2.39. The maximum atomic E-state index is 11.9. The Hall–Kier alpha value is -1.43. The fourth-order valence-electron chi connectivity index (χ4n) is 1.58. The molecule has 1 atom stereocenters. The molecule has 0 bridgehead atoms. The van der Waals surface area contributed by atoms with E-state index >= 15 is 0 Å². The molecular weight excluding hydrogens is 232 g/mol. The number of aromatic nitrogens is 3. The van der Waals surface area contributed by atoms with Crippen molar-refractivity contribution < 1.29 is 9.90 Å². The molecule has 0 aliphatic carbocycles. The lowest BCUT2D eigenvalue weighted by molar-refractivity contribution is 0.0906. The van der Waals surface area contributed by atoms with Crippen molar-refractivity contribution in [3.63, 3.8) is 0 Å². The molecule has 102 valence electrons. The minimum atomic E-state index is -0.301. The van der Waals surface area contributed by atoms with Crippen LogP contribution < -0.4 is 5.32 Å². The van der Waals surface area contributed by atoms with Crippen molar-refractivity contribution in [1.29, 1.82) is 0 Å². The highest BCUT2D eigenvalue weighted by molar-refractivity contribution is 5.90. The molecule has 1 aromatic heterocycles. The number of nitrogens with zero attached hydrogens (tertiary/aromatic N) is 2. The summed E-state index contributed by atoms with van der Waals surface area (Å²) < 4.78 is 0. The van der Waals surface area contributed by atoms with Gasteiger partial charge in [-0.25, -0.2) is 4.98 Å². The van der Waals surface area contributed by atoms with Gasteiger partial charge in [-0.3, -0.25) is 9.89 Å². The molecule has 6 nitrogen and oxygen atoms in total. The summed E-state index contributed by atoms with van der Waals surface area (Å²) in [6.45, 7) is 8.00. The summed E-state index contributed by atoms with van der Waals surface area (Å²) in [5, 5.41) is 18.4. The summed E-state index contributed by atoms with van der Waals surface area (Å²) >= 11 is 0. The van der Waals surface area contributed by atoms with Gasteiger partial charge in [0.05, 0.1) is 0 Å². The largest absolute Gasteiger partial charge is 0.396 e. The number of H-pyrrole nitrogens is 1. The molecule has 1 unspecified atom stereocenters. The first-order valence-electron chi connectivity index (χ1n) is 6.29. The molecule has 0 saturated heterocycles. The van der Waals surface area contributed by atoms with Crippen molar-refractivity contribution in [3.8, 4) is 0 Å². The number of nitrogens with one attached hydrogen (secondary N) is 2. The predicted molar refractivity (Wildman–Crippen MR) is 68.3 cm³/mol. The van der Waals surface area contributed by atoms with Gasteiger partial charge in [0.15, 0.2) is 0 Å². The van der Waals surface area contributed by atoms with Crippen LogP contribution in [-0.4, -0.2) is 38.8 Å². The molecule has 1 aromatic rings. The monoisotopic (exact) mass is 254 g/mol. The molecule has 6 heteroatoms. The van der Waals surface area contributed by atoms with Gasteiger partial charge >= 0.3 is 0 Å². The quantitative estimate of drug-likeness (QED) is 0.708. The average molecular weight is 254 g/mol. The van der Waals surface area contributed by atoms with E-state index < -0.39 is 0 Å². The van der Waals surface area contributed by atoms with Gasteiger partial charge in [0.25, 0.3) is 5.91 Å². The Bertz CT molecular complexity index is 387. The summed E-state index contributed by atoms with van der Waals surface area (Å²) in [6, 6.07) is -0.0662. The standard InChI is InChI=1S/C12H22N4O2/c1-7(2)9(5-6-17)13-12(18)11-14-10(8(3)4)15-16-11/h7-9,17H,5-6H2,1-4H3,(H,13,18)(H,14,15,16). The van der Waals surface area contributed by atoms with E-state index in [4.69, 9.17) is 5.11 Å². The minimum absolute atomic E-state index is 0.0500. The lowest BCUT2D eigenvalue weighted by Gasteiger charge is -2.20. The number of aliphatic hydroxyl groups is 1. The second-order valence-corrected chi connectivity index (χ2v) is 5.04. The van der Waals surface area contributed by atoms with E-state index in [1.165, 1.54) is 0 Å². The summed E-state index contributed by atoms with van der Waals surface area (Å²) in [7, 11) is 0. The number of hydrogen-bond donors (Lipinski definition) is 3. The molecule has 0 aliphatic heterocycles. The molecule has 1 amide bonds. The van der Waals surface area contributed by atoms with Crippen molar-refractivity contribution in [2.45, 2.75) is 46.1 Å². The third-order valence-corrected chi connectivity index (χ3v) is 2.81. The van der Waals surface area contributed by atoms with Crippen LogP contribution in [0.25, 0.3) is 0 Å². The number of aliphatic hydroxyl groups excluding tert-OH is 1. The van der Waals surface area contributed by atoms with Gasteiger partial charge in [-0.15, -0.1) is 5.10 Å². The number of carbonyl (C=O) groups excluding carboxylic acids is 1. The van der Waals surface area contributed by atoms with Gasteiger partial charge in [-0.05, 0) is 12.3 Å². The van der Waals surface area contributed by atoms with E-state index in [-0.39, 0.29) is 36.2 Å². The van der Waals surface area contributed by atoms with Crippen molar-refractivity contribution in [2.75, 3.05) is 6.61 Å². The van der Waals surface area contributed by atoms with Crippen LogP contribution in [-0.2, 0) is 0 Å². The van der Waals surface area contributed by atoms with E-state index in [1.54, 1.807) is 0 Å². The number of rotatable bonds is 6. The third kappa shape index (κ3) is 3.80. The molecule has 1 heterocycles. The first kappa shape index (κ1) is 14.6. The second-order valence-electron chi connectivity index (χ2n) is 5.04. The predicted octanol–water partition coefficient (Wildman–Crippen LogP) is 1.06. The second kappa shape index (κ2) is 6.49. The zero-order valence-electron chi connectivity index (χ0n) is 11.4. The van der Waals surface area contributed by atoms with Crippen molar-refractivity contribution in [3.05, 3.63) is 11.6 Å². The summed E-state index contributed by atoms with van der Waals surface area (Å²) in [4.78, 5) is 16.1. The van der Waals surface area contributed by atoms with Crippen LogP contribution in [0.3, 0.4) is 0 Å². The van der Waals surface area contributed by atoms with E-state index in [9.17, 15) is 4.79 Å². The Labute approximate surface area is 107 Å². The number of amides is 1. The van der Waals surface area contributed by atoms with Crippen molar-refractivity contribution in [1.82, 2.24) is 20.5 Å². The summed E-state index contributed by atoms with van der Waals surface area (Å²) in [5.74, 6) is 1.01. The maximum absolute atomic E-state index is 11.9. The van der Waals surface area contributed by atoms with E-state index in [0.717, 1.165) is 0 Å². The molecule has 0 fully saturated rings. The lowest BCUT2D eigenvalue weighted by atomic mass is 10.0. The fraction of sp³-hybridized carbons (Fsp3) is 0.750. The van der Waals surface area contributed by atoms with Crippen LogP contribution in [0, 0.1) is 5.92 Å². The van der Waals surface area contributed by atoms with Gasteiger partial charge < -0.3 is 10.4 Å². The fourth-order valence-corrected chi connectivity index (χ4v) is 1.58. The number of hydrogen-bond acceptors (Lipinski definition) is 4. The van der Waals surface area contributed by atoms with Gasteiger partial charge in [0, 0.05) is 18.6 Å². The Kier molecular flexibility index (Phi) is 5.27. The molecule has 0 saturated carbocycles. The van der Waals surface area contributed by atoms with Crippen molar-refractivity contribution >= 4 is 5.91 Å². The van der Waals surface area contributed by atoms with Gasteiger partial charge in [0.2, 0.25) is 5.82 Å².